The van der Waals surface area contributed by atoms with Crippen molar-refractivity contribution in [2.24, 2.45) is 0 Å². The first-order valence-corrected chi connectivity index (χ1v) is 4.28. The summed E-state index contributed by atoms with van der Waals surface area (Å²) in [6.45, 7) is 1.69. The second-order valence-corrected chi connectivity index (χ2v) is 3.46. The Hall–Kier alpha value is 0.0700. The van der Waals surface area contributed by atoms with E-state index in [9.17, 15) is 4.21 Å². The van der Waals surface area contributed by atoms with Crippen molar-refractivity contribution in [3.05, 3.63) is 0 Å². The van der Waals surface area contributed by atoms with Crippen LogP contribution in [0.4, 0.5) is 0 Å². The van der Waals surface area contributed by atoms with Crippen molar-refractivity contribution in [2.75, 3.05) is 13.1 Å². The van der Waals surface area contributed by atoms with Gasteiger partial charge in [-0.25, -0.2) is 4.21 Å². The fraction of sp³-hybridized carbons (Fsp3) is 1.00. The Morgan fingerprint density at radius 3 is 2.78 bits per heavy atom. The highest BCUT2D eigenvalue weighted by Gasteiger charge is 2.17. The highest BCUT2D eigenvalue weighted by Crippen LogP contribution is 2.05. The predicted molar refractivity (Wildman–Crippen MR) is 36.7 cm³/mol. The van der Waals surface area contributed by atoms with Crippen LogP contribution in [-0.4, -0.2) is 27.1 Å². The summed E-state index contributed by atoms with van der Waals surface area (Å²) >= 11 is -1.61. The van der Waals surface area contributed by atoms with Gasteiger partial charge in [0, 0.05) is 6.54 Å². The largest absolute Gasteiger partial charge is 0.315 e. The van der Waals surface area contributed by atoms with E-state index in [1.165, 1.54) is 0 Å². The van der Waals surface area contributed by atoms with E-state index < -0.39 is 11.1 Å². The minimum Gasteiger partial charge on any atom is -0.315 e. The Morgan fingerprint density at radius 2 is 2.44 bits per heavy atom. The average Bonchev–Trinajstić information content (AvgIpc) is 1.90. The van der Waals surface area contributed by atoms with Gasteiger partial charge in [0.2, 0.25) is 0 Å². The van der Waals surface area contributed by atoms with Crippen LogP contribution in [0.15, 0.2) is 0 Å². The van der Waals surface area contributed by atoms with Gasteiger partial charge in [-0.15, -0.1) is 0 Å². The summed E-state index contributed by atoms with van der Waals surface area (Å²) in [7, 11) is 0. The fourth-order valence-electron chi connectivity index (χ4n) is 0.992. The van der Waals surface area contributed by atoms with Crippen LogP contribution in [0, 0.1) is 0 Å². The van der Waals surface area contributed by atoms with Gasteiger partial charge in [-0.2, -0.15) is 0 Å². The number of hydrogen-bond acceptors (Lipinski definition) is 2. The van der Waals surface area contributed by atoms with Gasteiger partial charge in [0.25, 0.3) is 0 Å². The quantitative estimate of drug-likeness (QED) is 0.514. The van der Waals surface area contributed by atoms with Crippen molar-refractivity contribution in [3.8, 4) is 0 Å². The third-order valence-corrected chi connectivity index (χ3v) is 2.51. The van der Waals surface area contributed by atoms with Crippen LogP contribution in [0.2, 0.25) is 0 Å². The summed E-state index contributed by atoms with van der Waals surface area (Å²) in [5.74, 6) is 0. The van der Waals surface area contributed by atoms with Crippen LogP contribution in [0.5, 0.6) is 0 Å². The Balaban J connectivity index is 2.31. The molecule has 1 aliphatic heterocycles. The lowest BCUT2D eigenvalue weighted by Crippen LogP contribution is -2.35. The molecule has 0 spiro atoms. The Morgan fingerprint density at radius 1 is 1.67 bits per heavy atom. The van der Waals surface area contributed by atoms with Gasteiger partial charge in [0.15, 0.2) is 11.1 Å². The van der Waals surface area contributed by atoms with E-state index in [0.29, 0.717) is 6.54 Å². The molecule has 1 fully saturated rings. The standard InChI is InChI=1S/C5H11NO2S/c7-9(8)5-2-1-3-6-4-5/h5-6H,1-4H2,(H,7,8)/t5-/m0/s1. The van der Waals surface area contributed by atoms with Gasteiger partial charge < -0.3 is 9.87 Å². The van der Waals surface area contributed by atoms with Crippen LogP contribution >= 0.6 is 0 Å². The van der Waals surface area contributed by atoms with Crippen molar-refractivity contribution in [1.82, 2.24) is 5.32 Å². The number of piperidine rings is 1. The van der Waals surface area contributed by atoms with Crippen molar-refractivity contribution in [3.63, 3.8) is 0 Å². The Bertz CT molecular complexity index is 112. The molecule has 0 aromatic rings. The molecule has 0 saturated carbocycles. The number of hydrogen-bond donors (Lipinski definition) is 2. The maximum Gasteiger partial charge on any atom is 0.157 e. The van der Waals surface area contributed by atoms with E-state index in [1.54, 1.807) is 0 Å². The summed E-state index contributed by atoms with van der Waals surface area (Å²) in [6, 6.07) is 0. The van der Waals surface area contributed by atoms with Crippen molar-refractivity contribution in [1.29, 1.82) is 0 Å². The molecule has 54 valence electrons. The first kappa shape index (κ1) is 7.18. The zero-order valence-corrected chi connectivity index (χ0v) is 5.99. The summed E-state index contributed by atoms with van der Waals surface area (Å²) in [4.78, 5) is 0. The van der Waals surface area contributed by atoms with Crippen LogP contribution in [0.25, 0.3) is 0 Å². The normalized spacial score (nSPS) is 31.9. The Kier molecular flexibility index (Phi) is 2.63. The topological polar surface area (TPSA) is 49.3 Å². The Labute approximate surface area is 57.1 Å². The molecule has 1 heterocycles. The predicted octanol–water partition coefficient (Wildman–Crippen LogP) is -0.0399. The SMILES string of the molecule is O=S(O)[C@H]1CCCNC1. The fourth-order valence-corrected chi connectivity index (χ4v) is 1.62. The van der Waals surface area contributed by atoms with E-state index >= 15 is 0 Å². The highest BCUT2D eigenvalue weighted by atomic mass is 32.2. The maximum atomic E-state index is 10.4. The average molecular weight is 149 g/mol. The lowest BCUT2D eigenvalue weighted by molar-refractivity contribution is 0.483. The van der Waals surface area contributed by atoms with E-state index in [0.717, 1.165) is 19.4 Å². The second kappa shape index (κ2) is 3.29. The van der Waals surface area contributed by atoms with Crippen LogP contribution < -0.4 is 5.32 Å². The molecule has 3 nitrogen and oxygen atoms in total. The van der Waals surface area contributed by atoms with Crippen LogP contribution in [0.3, 0.4) is 0 Å². The third-order valence-electron chi connectivity index (χ3n) is 1.54. The highest BCUT2D eigenvalue weighted by molar-refractivity contribution is 7.79. The van der Waals surface area contributed by atoms with E-state index in [1.807, 2.05) is 0 Å². The lowest BCUT2D eigenvalue weighted by Gasteiger charge is -2.18. The lowest BCUT2D eigenvalue weighted by atomic mass is 10.2. The van der Waals surface area contributed by atoms with Crippen LogP contribution in [-0.2, 0) is 11.1 Å². The summed E-state index contributed by atoms with van der Waals surface area (Å²) in [5.41, 5.74) is 0. The van der Waals surface area contributed by atoms with Crippen molar-refractivity contribution >= 4 is 11.1 Å². The zero-order valence-electron chi connectivity index (χ0n) is 5.17. The van der Waals surface area contributed by atoms with Crippen LogP contribution in [0.1, 0.15) is 12.8 Å². The molecule has 2 N–H and O–H groups in total. The van der Waals surface area contributed by atoms with Crippen molar-refractivity contribution < 1.29 is 8.76 Å². The zero-order chi connectivity index (χ0) is 6.69. The molecule has 0 bridgehead atoms. The van der Waals surface area contributed by atoms with E-state index in [-0.39, 0.29) is 5.25 Å². The molecule has 0 radical (unpaired) electrons. The number of rotatable bonds is 1. The molecule has 1 saturated heterocycles. The first-order chi connectivity index (χ1) is 4.30. The van der Waals surface area contributed by atoms with Gasteiger partial charge in [0.05, 0.1) is 5.25 Å². The molecule has 1 rings (SSSR count). The molecule has 9 heavy (non-hydrogen) atoms. The molecule has 0 amide bonds. The molecule has 1 unspecified atom stereocenters. The van der Waals surface area contributed by atoms with E-state index in [2.05, 4.69) is 5.32 Å². The smallest absolute Gasteiger partial charge is 0.157 e. The number of nitrogens with one attached hydrogen (secondary N) is 1. The molecule has 4 heteroatoms. The minimum atomic E-state index is -1.61. The molecule has 0 aromatic carbocycles. The molecular weight excluding hydrogens is 138 g/mol. The van der Waals surface area contributed by atoms with Gasteiger partial charge in [-0.1, -0.05) is 0 Å². The van der Waals surface area contributed by atoms with Gasteiger partial charge >= 0.3 is 0 Å². The first-order valence-electron chi connectivity index (χ1n) is 3.11. The van der Waals surface area contributed by atoms with Gasteiger partial charge in [0.1, 0.15) is 0 Å². The van der Waals surface area contributed by atoms with Crippen molar-refractivity contribution in [2.45, 2.75) is 18.1 Å². The molecular formula is C5H11NO2S. The minimum absolute atomic E-state index is 0.0289. The summed E-state index contributed by atoms with van der Waals surface area (Å²) in [5, 5.41) is 3.03. The summed E-state index contributed by atoms with van der Waals surface area (Å²) in [6.07, 6.45) is 1.91. The monoisotopic (exact) mass is 149 g/mol. The van der Waals surface area contributed by atoms with Gasteiger partial charge in [-0.3, -0.25) is 0 Å². The molecule has 0 aromatic heterocycles. The third kappa shape index (κ3) is 2.04. The maximum absolute atomic E-state index is 10.4. The van der Waals surface area contributed by atoms with E-state index in [4.69, 9.17) is 4.55 Å². The van der Waals surface area contributed by atoms with Gasteiger partial charge in [-0.05, 0) is 19.4 Å². The molecule has 2 atom stereocenters. The molecule has 0 aliphatic carbocycles. The second-order valence-electron chi connectivity index (χ2n) is 2.24. The summed E-state index contributed by atoms with van der Waals surface area (Å²) < 4.78 is 19.0. The molecule has 1 aliphatic rings.